The summed E-state index contributed by atoms with van der Waals surface area (Å²) in [5.74, 6) is 1.45. The number of hydrogen-bond acceptors (Lipinski definition) is 6. The van der Waals surface area contributed by atoms with Crippen molar-refractivity contribution in [3.05, 3.63) is 59.9 Å². The van der Waals surface area contributed by atoms with Crippen LogP contribution in [0.15, 0.2) is 53.1 Å². The third kappa shape index (κ3) is 4.82. The summed E-state index contributed by atoms with van der Waals surface area (Å²) in [5, 5.41) is 6.65. The molecule has 0 saturated heterocycles. The van der Waals surface area contributed by atoms with Gasteiger partial charge >= 0.3 is 0 Å². The number of aromatic nitrogens is 2. The SMILES string of the molecule is CC(=O)c1cccc(NC(=O)COc2ccc(-c3nc(C(C)C)no3)cc2)c1. The lowest BCUT2D eigenvalue weighted by atomic mass is 10.1. The minimum absolute atomic E-state index is 0.0609. The average molecular weight is 379 g/mol. The maximum atomic E-state index is 12.1. The number of carbonyl (C=O) groups excluding carboxylic acids is 2. The van der Waals surface area contributed by atoms with Gasteiger partial charge in [-0.3, -0.25) is 9.59 Å². The van der Waals surface area contributed by atoms with Gasteiger partial charge in [-0.25, -0.2) is 0 Å². The van der Waals surface area contributed by atoms with Crippen molar-refractivity contribution in [2.24, 2.45) is 0 Å². The lowest BCUT2D eigenvalue weighted by Gasteiger charge is -2.08. The number of ketones is 1. The van der Waals surface area contributed by atoms with Gasteiger partial charge in [0.25, 0.3) is 11.8 Å². The fourth-order valence-corrected chi connectivity index (χ4v) is 2.44. The average Bonchev–Trinajstić information content (AvgIpc) is 3.17. The van der Waals surface area contributed by atoms with Crippen LogP contribution in [0.4, 0.5) is 5.69 Å². The van der Waals surface area contributed by atoms with Crippen LogP contribution in [-0.2, 0) is 4.79 Å². The van der Waals surface area contributed by atoms with Crippen molar-refractivity contribution < 1.29 is 18.8 Å². The molecule has 2 aromatic carbocycles. The second-order valence-electron chi connectivity index (χ2n) is 6.61. The lowest BCUT2D eigenvalue weighted by molar-refractivity contribution is -0.118. The maximum absolute atomic E-state index is 12.1. The molecule has 3 aromatic rings. The van der Waals surface area contributed by atoms with Gasteiger partial charge in [0.1, 0.15) is 5.75 Å². The number of carbonyl (C=O) groups is 2. The summed E-state index contributed by atoms with van der Waals surface area (Å²) in [6.45, 7) is 5.31. The number of hydrogen-bond donors (Lipinski definition) is 1. The molecule has 0 spiro atoms. The molecule has 1 amide bonds. The van der Waals surface area contributed by atoms with Crippen LogP contribution in [0.25, 0.3) is 11.5 Å². The molecule has 7 nitrogen and oxygen atoms in total. The molecule has 7 heteroatoms. The van der Waals surface area contributed by atoms with Gasteiger partial charge in [0.2, 0.25) is 0 Å². The molecule has 1 heterocycles. The zero-order valence-electron chi connectivity index (χ0n) is 15.9. The van der Waals surface area contributed by atoms with E-state index in [-0.39, 0.29) is 24.2 Å². The first-order chi connectivity index (χ1) is 13.4. The van der Waals surface area contributed by atoms with E-state index in [4.69, 9.17) is 9.26 Å². The molecule has 0 fully saturated rings. The van der Waals surface area contributed by atoms with E-state index in [1.807, 2.05) is 13.8 Å². The van der Waals surface area contributed by atoms with Crippen LogP contribution >= 0.6 is 0 Å². The molecular formula is C21H21N3O4. The van der Waals surface area contributed by atoms with E-state index in [2.05, 4.69) is 15.5 Å². The van der Waals surface area contributed by atoms with Crippen molar-refractivity contribution in [2.45, 2.75) is 26.7 Å². The van der Waals surface area contributed by atoms with E-state index >= 15 is 0 Å². The van der Waals surface area contributed by atoms with Crippen molar-refractivity contribution >= 4 is 17.4 Å². The molecule has 0 radical (unpaired) electrons. The van der Waals surface area contributed by atoms with Gasteiger partial charge in [-0.1, -0.05) is 31.1 Å². The Bertz CT molecular complexity index is 977. The highest BCUT2D eigenvalue weighted by Crippen LogP contribution is 2.22. The first kappa shape index (κ1) is 19.3. The van der Waals surface area contributed by atoms with Crippen LogP contribution in [-0.4, -0.2) is 28.4 Å². The Morgan fingerprint density at radius 3 is 2.54 bits per heavy atom. The molecule has 0 saturated carbocycles. The van der Waals surface area contributed by atoms with Gasteiger partial charge < -0.3 is 14.6 Å². The number of benzene rings is 2. The van der Waals surface area contributed by atoms with Gasteiger partial charge in [0, 0.05) is 22.7 Å². The molecule has 0 unspecified atom stereocenters. The number of nitrogens with zero attached hydrogens (tertiary/aromatic N) is 2. The Kier molecular flexibility index (Phi) is 5.84. The molecule has 0 atom stereocenters. The second kappa shape index (κ2) is 8.47. The van der Waals surface area contributed by atoms with E-state index in [0.717, 1.165) is 5.56 Å². The van der Waals surface area contributed by atoms with Crippen molar-refractivity contribution in [1.29, 1.82) is 0 Å². The highest BCUT2D eigenvalue weighted by atomic mass is 16.5. The number of nitrogens with one attached hydrogen (secondary N) is 1. The number of anilines is 1. The van der Waals surface area contributed by atoms with Crippen LogP contribution in [0.2, 0.25) is 0 Å². The van der Waals surface area contributed by atoms with Crippen LogP contribution < -0.4 is 10.1 Å². The van der Waals surface area contributed by atoms with Crippen molar-refractivity contribution in [2.75, 3.05) is 11.9 Å². The van der Waals surface area contributed by atoms with Gasteiger partial charge in [-0.2, -0.15) is 4.98 Å². The second-order valence-corrected chi connectivity index (χ2v) is 6.61. The predicted molar refractivity (Wildman–Crippen MR) is 104 cm³/mol. The topological polar surface area (TPSA) is 94.3 Å². The molecular weight excluding hydrogens is 358 g/mol. The Morgan fingerprint density at radius 2 is 1.89 bits per heavy atom. The quantitative estimate of drug-likeness (QED) is 0.622. The summed E-state index contributed by atoms with van der Waals surface area (Å²) < 4.78 is 10.8. The van der Waals surface area contributed by atoms with Crippen molar-refractivity contribution in [3.8, 4) is 17.2 Å². The lowest BCUT2D eigenvalue weighted by Crippen LogP contribution is -2.20. The zero-order valence-corrected chi connectivity index (χ0v) is 15.9. The van der Waals surface area contributed by atoms with Crippen LogP contribution in [0.3, 0.4) is 0 Å². The molecule has 1 aromatic heterocycles. The van der Waals surface area contributed by atoms with E-state index in [1.54, 1.807) is 48.5 Å². The fourth-order valence-electron chi connectivity index (χ4n) is 2.44. The Morgan fingerprint density at radius 1 is 1.14 bits per heavy atom. The summed E-state index contributed by atoms with van der Waals surface area (Å²) in [6, 6.07) is 13.8. The molecule has 0 aliphatic rings. The first-order valence-electron chi connectivity index (χ1n) is 8.90. The summed E-state index contributed by atoms with van der Waals surface area (Å²) in [5.41, 5.74) is 1.86. The zero-order chi connectivity index (χ0) is 20.1. The fraction of sp³-hybridized carbons (Fsp3) is 0.238. The third-order valence-corrected chi connectivity index (χ3v) is 3.98. The van der Waals surface area contributed by atoms with Crippen LogP contribution in [0, 0.1) is 0 Å². The summed E-state index contributed by atoms with van der Waals surface area (Å²) in [4.78, 5) is 27.8. The Labute approximate surface area is 162 Å². The Hall–Kier alpha value is -3.48. The standard InChI is InChI=1S/C21H21N3O4/c1-13(2)20-23-21(28-24-20)15-7-9-18(10-8-15)27-12-19(26)22-17-6-4-5-16(11-17)14(3)25/h4-11,13H,12H2,1-3H3,(H,22,26). The van der Waals surface area contributed by atoms with Gasteiger partial charge in [-0.05, 0) is 43.3 Å². The van der Waals surface area contributed by atoms with Gasteiger partial charge in [0.05, 0.1) is 0 Å². The van der Waals surface area contributed by atoms with E-state index in [1.165, 1.54) is 6.92 Å². The third-order valence-electron chi connectivity index (χ3n) is 3.98. The molecule has 0 bridgehead atoms. The number of ether oxygens (including phenoxy) is 1. The molecule has 0 aliphatic heterocycles. The van der Waals surface area contributed by atoms with E-state index in [0.29, 0.717) is 28.7 Å². The highest BCUT2D eigenvalue weighted by Gasteiger charge is 2.12. The van der Waals surface area contributed by atoms with E-state index in [9.17, 15) is 9.59 Å². The molecule has 1 N–H and O–H groups in total. The minimum atomic E-state index is -0.316. The molecule has 0 aliphatic carbocycles. The minimum Gasteiger partial charge on any atom is -0.484 e. The van der Waals surface area contributed by atoms with Crippen molar-refractivity contribution in [1.82, 2.24) is 10.1 Å². The monoisotopic (exact) mass is 379 g/mol. The van der Waals surface area contributed by atoms with Crippen LogP contribution in [0.1, 0.15) is 42.9 Å². The smallest absolute Gasteiger partial charge is 0.262 e. The molecule has 28 heavy (non-hydrogen) atoms. The number of amides is 1. The number of rotatable bonds is 7. The largest absolute Gasteiger partial charge is 0.484 e. The number of Topliss-reactive ketones (excluding diaryl/α,β-unsaturated/α-hetero) is 1. The summed E-state index contributed by atoms with van der Waals surface area (Å²) in [7, 11) is 0. The molecule has 144 valence electrons. The van der Waals surface area contributed by atoms with Crippen molar-refractivity contribution in [3.63, 3.8) is 0 Å². The predicted octanol–water partition coefficient (Wildman–Crippen LogP) is 4.08. The highest BCUT2D eigenvalue weighted by molar-refractivity contribution is 5.97. The van der Waals surface area contributed by atoms with E-state index < -0.39 is 0 Å². The normalized spacial score (nSPS) is 10.7. The maximum Gasteiger partial charge on any atom is 0.262 e. The summed E-state index contributed by atoms with van der Waals surface area (Å²) in [6.07, 6.45) is 0. The Balaban J connectivity index is 1.56. The van der Waals surface area contributed by atoms with Crippen LogP contribution in [0.5, 0.6) is 5.75 Å². The summed E-state index contributed by atoms with van der Waals surface area (Å²) >= 11 is 0. The first-order valence-corrected chi connectivity index (χ1v) is 8.90. The van der Waals surface area contributed by atoms with Gasteiger partial charge in [-0.15, -0.1) is 0 Å². The van der Waals surface area contributed by atoms with Gasteiger partial charge in [0.15, 0.2) is 18.2 Å². The molecule has 3 rings (SSSR count).